The minimum atomic E-state index is -3.95. The molecular formula is C23H23N3O6S. The topological polar surface area (TPSA) is 115 Å². The number of methoxy groups -OCH3 is 3. The van der Waals surface area contributed by atoms with Crippen molar-refractivity contribution in [2.45, 2.75) is 4.90 Å². The minimum Gasteiger partial charge on any atom is -0.495 e. The summed E-state index contributed by atoms with van der Waals surface area (Å²) in [5, 5.41) is 3.93. The maximum absolute atomic E-state index is 12.8. The quantitative estimate of drug-likeness (QED) is 0.367. The molecule has 1 amide bonds. The van der Waals surface area contributed by atoms with Crippen LogP contribution in [0.2, 0.25) is 0 Å². The Labute approximate surface area is 192 Å². The van der Waals surface area contributed by atoms with Gasteiger partial charge in [0.15, 0.2) is 11.5 Å². The first-order chi connectivity index (χ1) is 15.9. The second kappa shape index (κ2) is 10.5. The van der Waals surface area contributed by atoms with Gasteiger partial charge in [0.2, 0.25) is 0 Å². The molecule has 0 saturated heterocycles. The average molecular weight is 470 g/mol. The maximum Gasteiger partial charge on any atom is 0.271 e. The Kier molecular flexibility index (Phi) is 7.52. The molecule has 9 nitrogen and oxygen atoms in total. The summed E-state index contributed by atoms with van der Waals surface area (Å²) in [6.07, 6.45) is 1.43. The van der Waals surface area contributed by atoms with Crippen LogP contribution < -0.4 is 24.4 Å². The van der Waals surface area contributed by atoms with Gasteiger partial charge in [-0.3, -0.25) is 9.52 Å². The van der Waals surface area contributed by atoms with Crippen LogP contribution in [-0.4, -0.2) is 41.9 Å². The third kappa shape index (κ3) is 5.80. The predicted octanol–water partition coefficient (Wildman–Crippen LogP) is 3.28. The number of para-hydroxylation sites is 2. The van der Waals surface area contributed by atoms with E-state index in [1.165, 1.54) is 51.8 Å². The van der Waals surface area contributed by atoms with Crippen molar-refractivity contribution in [2.75, 3.05) is 26.1 Å². The van der Waals surface area contributed by atoms with Crippen LogP contribution in [0.1, 0.15) is 15.9 Å². The summed E-state index contributed by atoms with van der Waals surface area (Å²) in [4.78, 5) is 12.4. The standard InChI is InChI=1S/C23H23N3O6S/c1-30-20-10-5-4-9-19(20)26-33(28,29)18-8-6-7-17(14-18)23(27)25-24-15-16-11-12-21(31-2)22(13-16)32-3/h4-15,26H,1-3H3,(H,25,27)/b24-15-. The molecule has 33 heavy (non-hydrogen) atoms. The lowest BCUT2D eigenvalue weighted by Crippen LogP contribution is -2.19. The van der Waals surface area contributed by atoms with Gasteiger partial charge in [-0.25, -0.2) is 13.8 Å². The second-order valence-electron chi connectivity index (χ2n) is 6.65. The molecule has 0 bridgehead atoms. The summed E-state index contributed by atoms with van der Waals surface area (Å²) in [6, 6.07) is 17.4. The zero-order valence-electron chi connectivity index (χ0n) is 18.2. The zero-order chi connectivity index (χ0) is 23.8. The smallest absolute Gasteiger partial charge is 0.271 e. The van der Waals surface area contributed by atoms with Crippen LogP contribution >= 0.6 is 0 Å². The predicted molar refractivity (Wildman–Crippen MR) is 125 cm³/mol. The van der Waals surface area contributed by atoms with Crippen molar-refractivity contribution in [1.82, 2.24) is 5.43 Å². The van der Waals surface area contributed by atoms with Gasteiger partial charge in [-0.1, -0.05) is 18.2 Å². The number of carbonyl (C=O) groups is 1. The Morgan fingerprint density at radius 3 is 2.30 bits per heavy atom. The summed E-state index contributed by atoms with van der Waals surface area (Å²) >= 11 is 0. The molecule has 0 aliphatic heterocycles. The molecule has 172 valence electrons. The Bertz CT molecular complexity index is 1270. The van der Waals surface area contributed by atoms with E-state index in [-0.39, 0.29) is 16.1 Å². The number of nitrogens with one attached hydrogen (secondary N) is 2. The van der Waals surface area contributed by atoms with Crippen LogP contribution in [0.4, 0.5) is 5.69 Å². The molecule has 0 saturated carbocycles. The highest BCUT2D eigenvalue weighted by Gasteiger charge is 2.18. The van der Waals surface area contributed by atoms with Crippen LogP contribution in [-0.2, 0) is 10.0 Å². The number of ether oxygens (including phenoxy) is 3. The first-order valence-electron chi connectivity index (χ1n) is 9.69. The largest absolute Gasteiger partial charge is 0.495 e. The number of hydrogen-bond acceptors (Lipinski definition) is 7. The Balaban J connectivity index is 1.73. The normalized spacial score (nSPS) is 11.1. The summed E-state index contributed by atoms with van der Waals surface area (Å²) in [5.74, 6) is 0.896. The van der Waals surface area contributed by atoms with E-state index in [1.54, 1.807) is 42.5 Å². The number of amides is 1. The number of carbonyl (C=O) groups excluding carboxylic acids is 1. The molecule has 0 aliphatic carbocycles. The minimum absolute atomic E-state index is 0.0788. The third-order valence-corrected chi connectivity index (χ3v) is 5.91. The van der Waals surface area contributed by atoms with E-state index in [4.69, 9.17) is 14.2 Å². The molecule has 10 heteroatoms. The van der Waals surface area contributed by atoms with Crippen LogP contribution in [0.25, 0.3) is 0 Å². The zero-order valence-corrected chi connectivity index (χ0v) is 19.0. The van der Waals surface area contributed by atoms with Crippen molar-refractivity contribution >= 4 is 27.8 Å². The number of rotatable bonds is 9. The van der Waals surface area contributed by atoms with Crippen LogP contribution in [0.3, 0.4) is 0 Å². The highest BCUT2D eigenvalue weighted by Crippen LogP contribution is 2.27. The number of sulfonamides is 1. The summed E-state index contributed by atoms with van der Waals surface area (Å²) < 4.78 is 43.7. The van der Waals surface area contributed by atoms with E-state index < -0.39 is 15.9 Å². The molecule has 0 aromatic heterocycles. The second-order valence-corrected chi connectivity index (χ2v) is 8.33. The Morgan fingerprint density at radius 2 is 1.58 bits per heavy atom. The molecule has 0 fully saturated rings. The SMILES string of the molecule is COc1ccccc1NS(=O)(=O)c1cccc(C(=O)N/N=C\c2ccc(OC)c(OC)c2)c1. The maximum atomic E-state index is 12.8. The van der Waals surface area contributed by atoms with Gasteiger partial charge in [0.05, 0.1) is 38.1 Å². The van der Waals surface area contributed by atoms with Crippen molar-refractivity contribution in [1.29, 1.82) is 0 Å². The van der Waals surface area contributed by atoms with Gasteiger partial charge < -0.3 is 14.2 Å². The first-order valence-corrected chi connectivity index (χ1v) is 11.2. The average Bonchev–Trinajstić information content (AvgIpc) is 2.84. The van der Waals surface area contributed by atoms with Crippen molar-refractivity contribution in [3.05, 3.63) is 77.9 Å². The molecule has 0 atom stereocenters. The van der Waals surface area contributed by atoms with Gasteiger partial charge in [0, 0.05) is 5.56 Å². The Morgan fingerprint density at radius 1 is 0.848 bits per heavy atom. The van der Waals surface area contributed by atoms with Gasteiger partial charge in [0.1, 0.15) is 5.75 Å². The molecule has 0 unspecified atom stereocenters. The number of benzene rings is 3. The molecule has 0 spiro atoms. The number of anilines is 1. The van der Waals surface area contributed by atoms with Crippen molar-refractivity contribution in [3.8, 4) is 17.2 Å². The highest BCUT2D eigenvalue weighted by molar-refractivity contribution is 7.92. The summed E-state index contributed by atoms with van der Waals surface area (Å²) in [7, 11) is 0.543. The van der Waals surface area contributed by atoms with E-state index in [9.17, 15) is 13.2 Å². The summed E-state index contributed by atoms with van der Waals surface area (Å²) in [6.45, 7) is 0. The van der Waals surface area contributed by atoms with Gasteiger partial charge in [-0.2, -0.15) is 5.10 Å². The first kappa shape index (κ1) is 23.6. The van der Waals surface area contributed by atoms with E-state index in [2.05, 4.69) is 15.2 Å². The van der Waals surface area contributed by atoms with E-state index in [1.807, 2.05) is 0 Å². The van der Waals surface area contributed by atoms with Crippen LogP contribution in [0.5, 0.6) is 17.2 Å². The molecular weight excluding hydrogens is 446 g/mol. The molecule has 3 aromatic rings. The fourth-order valence-corrected chi connectivity index (χ4v) is 4.02. The monoisotopic (exact) mass is 469 g/mol. The van der Waals surface area contributed by atoms with Gasteiger partial charge in [0.25, 0.3) is 15.9 Å². The van der Waals surface area contributed by atoms with Crippen LogP contribution in [0.15, 0.2) is 76.7 Å². The van der Waals surface area contributed by atoms with Gasteiger partial charge in [-0.05, 0) is 54.1 Å². The lowest BCUT2D eigenvalue weighted by molar-refractivity contribution is 0.0955. The summed E-state index contributed by atoms with van der Waals surface area (Å²) in [5.41, 5.74) is 3.47. The van der Waals surface area contributed by atoms with Crippen molar-refractivity contribution in [3.63, 3.8) is 0 Å². The molecule has 3 rings (SSSR count). The molecule has 3 aromatic carbocycles. The highest BCUT2D eigenvalue weighted by atomic mass is 32.2. The molecule has 0 heterocycles. The van der Waals surface area contributed by atoms with Gasteiger partial charge in [-0.15, -0.1) is 0 Å². The van der Waals surface area contributed by atoms with Crippen molar-refractivity contribution in [2.24, 2.45) is 5.10 Å². The van der Waals surface area contributed by atoms with E-state index >= 15 is 0 Å². The van der Waals surface area contributed by atoms with Gasteiger partial charge >= 0.3 is 0 Å². The number of hydrazone groups is 1. The Hall–Kier alpha value is -4.05. The lowest BCUT2D eigenvalue weighted by atomic mass is 10.2. The van der Waals surface area contributed by atoms with Crippen molar-refractivity contribution < 1.29 is 27.4 Å². The molecule has 0 radical (unpaired) electrons. The molecule has 0 aliphatic rings. The van der Waals surface area contributed by atoms with E-state index in [0.29, 0.717) is 22.8 Å². The molecule has 2 N–H and O–H groups in total. The fourth-order valence-electron chi connectivity index (χ4n) is 2.90. The number of hydrogen-bond donors (Lipinski definition) is 2. The lowest BCUT2D eigenvalue weighted by Gasteiger charge is -2.12. The van der Waals surface area contributed by atoms with Crippen LogP contribution in [0, 0.1) is 0 Å². The third-order valence-electron chi connectivity index (χ3n) is 4.55. The van der Waals surface area contributed by atoms with E-state index in [0.717, 1.165) is 0 Å². The number of nitrogens with zero attached hydrogens (tertiary/aromatic N) is 1. The fraction of sp³-hybridized carbons (Fsp3) is 0.130.